The third-order valence-corrected chi connectivity index (χ3v) is 2.81. The molecule has 1 aliphatic rings. The second kappa shape index (κ2) is 4.04. The van der Waals surface area contributed by atoms with Crippen LogP contribution in [0.1, 0.15) is 22.3 Å². The summed E-state index contributed by atoms with van der Waals surface area (Å²) in [5, 5.41) is 11.1. The Morgan fingerprint density at radius 3 is 2.53 bits per heavy atom. The predicted molar refractivity (Wildman–Crippen MR) is 58.9 cm³/mol. The SMILES string of the molecule is COc1cc2c(c([N+](=O)[O-])c1OC)C(=O)CC2. The minimum absolute atomic E-state index is 0.00602. The van der Waals surface area contributed by atoms with Gasteiger partial charge >= 0.3 is 5.69 Å². The van der Waals surface area contributed by atoms with Crippen molar-refractivity contribution in [2.75, 3.05) is 14.2 Å². The molecule has 0 N–H and O–H groups in total. The van der Waals surface area contributed by atoms with Crippen molar-refractivity contribution in [2.24, 2.45) is 0 Å². The van der Waals surface area contributed by atoms with E-state index in [0.29, 0.717) is 18.4 Å². The zero-order chi connectivity index (χ0) is 12.6. The lowest BCUT2D eigenvalue weighted by Crippen LogP contribution is -2.04. The number of ketones is 1. The minimum atomic E-state index is -0.594. The molecule has 0 amide bonds. The van der Waals surface area contributed by atoms with Gasteiger partial charge in [0.15, 0.2) is 11.5 Å². The van der Waals surface area contributed by atoms with Crippen LogP contribution in [0.25, 0.3) is 0 Å². The maximum absolute atomic E-state index is 11.7. The average molecular weight is 237 g/mol. The van der Waals surface area contributed by atoms with Crippen LogP contribution < -0.4 is 9.47 Å². The third kappa shape index (κ3) is 1.61. The second-order valence-corrected chi connectivity index (χ2v) is 3.68. The lowest BCUT2D eigenvalue weighted by molar-refractivity contribution is -0.386. The zero-order valence-corrected chi connectivity index (χ0v) is 9.48. The summed E-state index contributed by atoms with van der Waals surface area (Å²) in [6, 6.07) is 1.63. The van der Waals surface area contributed by atoms with Crippen LogP contribution in [-0.4, -0.2) is 24.9 Å². The van der Waals surface area contributed by atoms with Crippen molar-refractivity contribution < 1.29 is 19.2 Å². The van der Waals surface area contributed by atoms with Gasteiger partial charge in [0.05, 0.1) is 19.1 Å². The number of carbonyl (C=O) groups is 1. The number of fused-ring (bicyclic) bond motifs is 1. The number of benzene rings is 1. The summed E-state index contributed by atoms with van der Waals surface area (Å²) in [5.74, 6) is 0.0757. The Morgan fingerprint density at radius 1 is 1.29 bits per heavy atom. The summed E-state index contributed by atoms with van der Waals surface area (Å²) in [6.45, 7) is 0. The molecule has 17 heavy (non-hydrogen) atoms. The Hall–Kier alpha value is -2.11. The third-order valence-electron chi connectivity index (χ3n) is 2.81. The highest BCUT2D eigenvalue weighted by molar-refractivity contribution is 6.05. The molecule has 0 saturated heterocycles. The highest BCUT2D eigenvalue weighted by atomic mass is 16.6. The molecule has 2 rings (SSSR count). The highest BCUT2D eigenvalue weighted by Crippen LogP contribution is 2.44. The molecule has 0 unspecified atom stereocenters. The lowest BCUT2D eigenvalue weighted by Gasteiger charge is -2.10. The maximum atomic E-state index is 11.7. The molecule has 0 aliphatic heterocycles. The Bertz CT molecular complexity index is 509. The number of aryl methyl sites for hydroxylation is 1. The molecule has 0 spiro atoms. The van der Waals surface area contributed by atoms with Crippen LogP contribution in [0, 0.1) is 10.1 Å². The molecule has 6 heteroatoms. The van der Waals surface area contributed by atoms with Gasteiger partial charge in [0.25, 0.3) is 0 Å². The number of nitrogens with zero attached hydrogens (tertiary/aromatic N) is 1. The van der Waals surface area contributed by atoms with E-state index in [2.05, 4.69) is 0 Å². The van der Waals surface area contributed by atoms with E-state index < -0.39 is 4.92 Å². The normalized spacial score (nSPS) is 13.4. The standard InChI is InChI=1S/C11H11NO5/c1-16-8-5-6-3-4-7(13)9(6)10(12(14)15)11(8)17-2/h5H,3-4H2,1-2H3. The molecular formula is C11H11NO5. The van der Waals surface area contributed by atoms with Gasteiger partial charge in [-0.25, -0.2) is 0 Å². The van der Waals surface area contributed by atoms with E-state index in [1.165, 1.54) is 14.2 Å². The number of methoxy groups -OCH3 is 2. The van der Waals surface area contributed by atoms with E-state index in [4.69, 9.17) is 9.47 Å². The molecule has 0 heterocycles. The van der Waals surface area contributed by atoms with Crippen LogP contribution in [0.3, 0.4) is 0 Å². The van der Waals surface area contributed by atoms with Crippen molar-refractivity contribution in [2.45, 2.75) is 12.8 Å². The topological polar surface area (TPSA) is 78.7 Å². The first-order chi connectivity index (χ1) is 8.10. The van der Waals surface area contributed by atoms with Gasteiger partial charge in [-0.2, -0.15) is 0 Å². The Morgan fingerprint density at radius 2 is 2.00 bits per heavy atom. The zero-order valence-electron chi connectivity index (χ0n) is 9.48. The Kier molecular flexibility index (Phi) is 2.71. The number of rotatable bonds is 3. The van der Waals surface area contributed by atoms with Crippen LogP contribution in [0.15, 0.2) is 6.07 Å². The van der Waals surface area contributed by atoms with E-state index in [9.17, 15) is 14.9 Å². The fourth-order valence-electron chi connectivity index (χ4n) is 2.08. The molecule has 1 aromatic carbocycles. The van der Waals surface area contributed by atoms with Crippen LogP contribution in [0.2, 0.25) is 0 Å². The van der Waals surface area contributed by atoms with Gasteiger partial charge in [-0.05, 0) is 18.1 Å². The van der Waals surface area contributed by atoms with Crippen LogP contribution in [0.4, 0.5) is 5.69 Å². The average Bonchev–Trinajstić information content (AvgIpc) is 2.68. The molecule has 0 saturated carbocycles. The number of Topliss-reactive ketones (excluding diaryl/α,β-unsaturated/α-hetero) is 1. The lowest BCUT2D eigenvalue weighted by atomic mass is 10.1. The number of hydrogen-bond acceptors (Lipinski definition) is 5. The molecule has 0 bridgehead atoms. The molecule has 0 aromatic heterocycles. The molecule has 0 radical (unpaired) electrons. The van der Waals surface area contributed by atoms with E-state index in [-0.39, 0.29) is 28.5 Å². The largest absolute Gasteiger partial charge is 0.493 e. The molecule has 0 fully saturated rings. The van der Waals surface area contributed by atoms with Crippen molar-refractivity contribution in [1.29, 1.82) is 0 Å². The van der Waals surface area contributed by atoms with E-state index in [0.717, 1.165) is 0 Å². The summed E-state index contributed by atoms with van der Waals surface area (Å²) in [6.07, 6.45) is 0.807. The predicted octanol–water partition coefficient (Wildman–Crippen LogP) is 1.74. The molecular weight excluding hydrogens is 226 g/mol. The first-order valence-electron chi connectivity index (χ1n) is 5.05. The fourth-order valence-corrected chi connectivity index (χ4v) is 2.08. The van der Waals surface area contributed by atoms with Crippen molar-refractivity contribution in [3.05, 3.63) is 27.3 Å². The monoisotopic (exact) mass is 237 g/mol. The van der Waals surface area contributed by atoms with Crippen LogP contribution >= 0.6 is 0 Å². The van der Waals surface area contributed by atoms with Gasteiger partial charge in [-0.15, -0.1) is 0 Å². The number of nitro benzene ring substituents is 1. The maximum Gasteiger partial charge on any atom is 0.325 e. The van der Waals surface area contributed by atoms with Gasteiger partial charge < -0.3 is 9.47 Å². The molecule has 90 valence electrons. The number of carbonyl (C=O) groups excluding carboxylic acids is 1. The van der Waals surface area contributed by atoms with Gasteiger partial charge in [-0.3, -0.25) is 14.9 Å². The van der Waals surface area contributed by atoms with E-state index in [1.54, 1.807) is 6.07 Å². The number of ether oxygens (including phenoxy) is 2. The van der Waals surface area contributed by atoms with Crippen molar-refractivity contribution in [3.63, 3.8) is 0 Å². The number of nitro groups is 1. The van der Waals surface area contributed by atoms with Gasteiger partial charge in [0.2, 0.25) is 5.75 Å². The summed E-state index contributed by atoms with van der Waals surface area (Å²) >= 11 is 0. The van der Waals surface area contributed by atoms with Gasteiger partial charge in [-0.1, -0.05) is 0 Å². The Balaban J connectivity index is 2.79. The first-order valence-corrected chi connectivity index (χ1v) is 5.05. The summed E-state index contributed by atoms with van der Waals surface area (Å²) in [5.41, 5.74) is 0.524. The van der Waals surface area contributed by atoms with E-state index >= 15 is 0 Å². The molecule has 6 nitrogen and oxygen atoms in total. The van der Waals surface area contributed by atoms with E-state index in [1.807, 2.05) is 0 Å². The Labute approximate surface area is 97.3 Å². The first kappa shape index (κ1) is 11.4. The molecule has 1 aromatic rings. The fraction of sp³-hybridized carbons (Fsp3) is 0.364. The smallest absolute Gasteiger partial charge is 0.325 e. The quantitative estimate of drug-likeness (QED) is 0.591. The van der Waals surface area contributed by atoms with Gasteiger partial charge in [0.1, 0.15) is 5.56 Å². The summed E-state index contributed by atoms with van der Waals surface area (Å²) in [7, 11) is 2.72. The van der Waals surface area contributed by atoms with Crippen molar-refractivity contribution in [3.8, 4) is 11.5 Å². The summed E-state index contributed by atoms with van der Waals surface area (Å²) < 4.78 is 10.0. The molecule has 0 atom stereocenters. The van der Waals surface area contributed by atoms with Crippen molar-refractivity contribution in [1.82, 2.24) is 0 Å². The minimum Gasteiger partial charge on any atom is -0.493 e. The highest BCUT2D eigenvalue weighted by Gasteiger charge is 2.35. The van der Waals surface area contributed by atoms with Crippen molar-refractivity contribution >= 4 is 11.5 Å². The summed E-state index contributed by atoms with van der Waals surface area (Å²) in [4.78, 5) is 22.1. The molecule has 1 aliphatic carbocycles. The second-order valence-electron chi connectivity index (χ2n) is 3.68. The van der Waals surface area contributed by atoms with Gasteiger partial charge in [0, 0.05) is 6.42 Å². The number of hydrogen-bond donors (Lipinski definition) is 0. The van der Waals surface area contributed by atoms with Crippen LogP contribution in [0.5, 0.6) is 11.5 Å². The van der Waals surface area contributed by atoms with Crippen LogP contribution in [-0.2, 0) is 6.42 Å².